The fourth-order valence-electron chi connectivity index (χ4n) is 9.27. The van der Waals surface area contributed by atoms with Crippen LogP contribution in [-0.4, -0.2) is 71.5 Å². The number of aromatic nitrogens is 1. The molecule has 2 aromatic carbocycles. The summed E-state index contributed by atoms with van der Waals surface area (Å²) in [6.07, 6.45) is 12.9. The number of carbonyl (C=O) groups is 2. The highest BCUT2D eigenvalue weighted by Gasteiger charge is 2.44. The van der Waals surface area contributed by atoms with E-state index < -0.39 is 15.6 Å². The summed E-state index contributed by atoms with van der Waals surface area (Å²) in [4.78, 5) is 30.3. The number of nitrogens with zero attached hydrogens (tertiary/aromatic N) is 3. The third-order valence-corrected chi connectivity index (χ3v) is 14.4. The lowest BCUT2D eigenvalue weighted by molar-refractivity contribution is 0.0131. The Bertz CT molecular complexity index is 2000. The minimum atomic E-state index is -3.28. The van der Waals surface area contributed by atoms with Crippen molar-refractivity contribution < 1.29 is 28.0 Å². The van der Waals surface area contributed by atoms with E-state index in [-0.39, 0.29) is 34.7 Å². The maximum atomic E-state index is 14.8. The number of hydrogen-bond acceptors (Lipinski definition) is 7. The summed E-state index contributed by atoms with van der Waals surface area (Å²) in [5, 5.41) is 0. The molecule has 0 N–H and O–H groups in total. The number of ether oxygens (including phenoxy) is 3. The predicted octanol–water partition coefficient (Wildman–Crippen LogP) is 7.18. The van der Waals surface area contributed by atoms with Gasteiger partial charge in [-0.25, -0.2) is 4.21 Å². The van der Waals surface area contributed by atoms with E-state index in [0.717, 1.165) is 69.6 Å². The first-order valence-corrected chi connectivity index (χ1v) is 20.9. The summed E-state index contributed by atoms with van der Waals surface area (Å²) in [6.45, 7) is 7.69. The first-order valence-electron chi connectivity index (χ1n) is 19.1. The minimum absolute atomic E-state index is 0.0273. The minimum Gasteiger partial charge on any atom is -0.490 e. The van der Waals surface area contributed by atoms with E-state index in [4.69, 9.17) is 14.2 Å². The van der Waals surface area contributed by atoms with Crippen LogP contribution >= 0.6 is 0 Å². The molecule has 0 saturated heterocycles. The summed E-state index contributed by atoms with van der Waals surface area (Å²) in [7, 11) is -1.49. The van der Waals surface area contributed by atoms with Crippen molar-refractivity contribution in [2.45, 2.75) is 76.9 Å². The molecule has 3 aliphatic heterocycles. The number of Topliss-reactive ketones (excluding diaryl/α,β-unsaturated/α-hetero) is 1. The molecule has 2 aliphatic carbocycles. The Kier molecular flexibility index (Phi) is 9.57. The summed E-state index contributed by atoms with van der Waals surface area (Å²) >= 11 is 0. The van der Waals surface area contributed by atoms with Crippen molar-refractivity contribution in [1.29, 1.82) is 0 Å². The molecule has 10 heteroatoms. The second-order valence-electron chi connectivity index (χ2n) is 16.0. The molecule has 276 valence electrons. The van der Waals surface area contributed by atoms with E-state index in [1.54, 1.807) is 25.4 Å². The van der Waals surface area contributed by atoms with Crippen molar-refractivity contribution in [1.82, 2.24) is 4.57 Å². The lowest BCUT2D eigenvalue weighted by atomic mass is 9.68. The van der Waals surface area contributed by atoms with E-state index in [1.807, 2.05) is 23.6 Å². The van der Waals surface area contributed by atoms with Crippen LogP contribution in [0.1, 0.15) is 82.9 Å². The van der Waals surface area contributed by atoms with Gasteiger partial charge >= 0.3 is 0 Å². The van der Waals surface area contributed by atoms with Crippen LogP contribution in [0, 0.1) is 24.7 Å². The predicted molar refractivity (Wildman–Crippen MR) is 203 cm³/mol. The molecule has 8 rings (SSSR count). The molecule has 1 aromatic heterocycles. The molecule has 1 amide bonds. The fourth-order valence-corrected chi connectivity index (χ4v) is 11.5. The van der Waals surface area contributed by atoms with E-state index in [9.17, 15) is 13.8 Å². The van der Waals surface area contributed by atoms with Gasteiger partial charge in [-0.15, -0.1) is 0 Å². The van der Waals surface area contributed by atoms with E-state index in [1.165, 1.54) is 16.7 Å². The number of hydrogen-bond donors (Lipinski definition) is 0. The van der Waals surface area contributed by atoms with Crippen molar-refractivity contribution >= 4 is 27.1 Å². The first kappa shape index (κ1) is 35.2. The summed E-state index contributed by atoms with van der Waals surface area (Å²) < 4.78 is 39.6. The number of allylic oxidation sites excluding steroid dienone is 1. The van der Waals surface area contributed by atoms with Gasteiger partial charge in [0.05, 0.1) is 40.5 Å². The highest BCUT2D eigenvalue weighted by Crippen LogP contribution is 2.47. The molecule has 0 radical (unpaired) electrons. The molecule has 3 aromatic rings. The number of aryl methyl sites for hydroxylation is 3. The number of benzene rings is 2. The van der Waals surface area contributed by atoms with Crippen LogP contribution in [0.4, 0.5) is 5.69 Å². The van der Waals surface area contributed by atoms with E-state index >= 15 is 0 Å². The molecule has 1 fully saturated rings. The van der Waals surface area contributed by atoms with Gasteiger partial charge in [-0.3, -0.25) is 9.59 Å². The summed E-state index contributed by atoms with van der Waals surface area (Å²) in [6, 6.07) is 14.1. The third-order valence-electron chi connectivity index (χ3n) is 12.1. The largest absolute Gasteiger partial charge is 0.490 e. The normalized spacial score (nSPS) is 30.7. The lowest BCUT2D eigenvalue weighted by Gasteiger charge is -2.46. The van der Waals surface area contributed by atoms with Crippen LogP contribution in [0.2, 0.25) is 0 Å². The Hall–Kier alpha value is -3.89. The quantitative estimate of drug-likeness (QED) is 0.208. The van der Waals surface area contributed by atoms with Crippen LogP contribution in [0.5, 0.6) is 11.6 Å². The molecule has 2 bridgehead atoms. The number of fused-ring (bicyclic) bond motifs is 5. The maximum Gasteiger partial charge on any atom is 0.285 e. The molecule has 1 saturated carbocycles. The second-order valence-corrected chi connectivity index (χ2v) is 18.3. The SMILES string of the molecule is CO[C@H]1/C=C/C[C@H](C)C[S@@](=O)(CC(=O)c2cc3n(c2)CCCO3)=NC(=O)c2ccc3c(c2)N(C[C@@H]2CC[C@H]21)C[C@@]1(CCCc2cc(C)ccc21)CO3. The Morgan fingerprint density at radius 2 is 2.00 bits per heavy atom. The number of anilines is 1. The number of amides is 1. The Labute approximate surface area is 307 Å². The number of rotatable bonds is 4. The standard InChI is InChI=1S/C42H51N3O6S/c1-28-10-14-35-30(19-28)8-5-16-42(35)26-45-22-32-11-13-34(32)38(49-3)9-4-7-29(2)24-52(48,25-37(46)33-21-40-44(23-33)17-6-18-50-40)43-41(47)31-12-15-39(51-27-42)36(45)20-31/h4,9-10,12,14-15,19-21,23,29,32,34,38H,5-8,11,13,16-18,22,24-27H2,1-3H3/b9-4+/t29-,32-,34+,38-,42-,52+/m0/s1. The average Bonchev–Trinajstić information content (AvgIpc) is 3.49. The molecule has 6 atom stereocenters. The van der Waals surface area contributed by atoms with E-state index in [0.29, 0.717) is 48.5 Å². The van der Waals surface area contributed by atoms with Crippen molar-refractivity contribution in [3.63, 3.8) is 0 Å². The lowest BCUT2D eigenvalue weighted by Crippen LogP contribution is -2.49. The molecule has 1 spiro atoms. The van der Waals surface area contributed by atoms with Gasteiger partial charge in [0.1, 0.15) is 5.75 Å². The summed E-state index contributed by atoms with van der Waals surface area (Å²) in [5.74, 6) is 1.04. The Morgan fingerprint density at radius 1 is 1.12 bits per heavy atom. The van der Waals surface area contributed by atoms with Gasteiger partial charge in [0.2, 0.25) is 0 Å². The van der Waals surface area contributed by atoms with Crippen LogP contribution in [0.25, 0.3) is 0 Å². The Morgan fingerprint density at radius 3 is 2.81 bits per heavy atom. The van der Waals surface area contributed by atoms with Gasteiger partial charge in [0.15, 0.2) is 11.7 Å². The van der Waals surface area contributed by atoms with Gasteiger partial charge in [-0.1, -0.05) is 42.8 Å². The molecular formula is C42H51N3O6S. The third kappa shape index (κ3) is 6.84. The van der Waals surface area contributed by atoms with Crippen molar-refractivity contribution in [2.24, 2.45) is 22.1 Å². The summed E-state index contributed by atoms with van der Waals surface area (Å²) in [5.41, 5.74) is 5.52. The molecule has 5 aliphatic rings. The molecular weight excluding hydrogens is 675 g/mol. The van der Waals surface area contributed by atoms with Gasteiger partial charge in [0, 0.05) is 61.3 Å². The van der Waals surface area contributed by atoms with Crippen molar-refractivity contribution in [3.05, 3.63) is 88.6 Å². The van der Waals surface area contributed by atoms with Crippen LogP contribution in [-0.2, 0) is 32.8 Å². The van der Waals surface area contributed by atoms with Gasteiger partial charge in [-0.05, 0) is 98.9 Å². The van der Waals surface area contributed by atoms with Crippen LogP contribution in [0.15, 0.2) is 65.2 Å². The highest BCUT2D eigenvalue weighted by molar-refractivity contribution is 7.94. The van der Waals surface area contributed by atoms with Crippen molar-refractivity contribution in [2.75, 3.05) is 49.8 Å². The monoisotopic (exact) mass is 725 g/mol. The second kappa shape index (κ2) is 14.2. The van der Waals surface area contributed by atoms with Crippen LogP contribution < -0.4 is 14.4 Å². The van der Waals surface area contributed by atoms with Gasteiger partial charge in [0.25, 0.3) is 5.91 Å². The first-order chi connectivity index (χ1) is 25.1. The van der Waals surface area contributed by atoms with E-state index in [2.05, 4.69) is 46.5 Å². The van der Waals surface area contributed by atoms with Gasteiger partial charge in [-0.2, -0.15) is 4.36 Å². The van der Waals surface area contributed by atoms with Gasteiger partial charge < -0.3 is 23.7 Å². The molecule has 4 heterocycles. The topological polar surface area (TPSA) is 99.4 Å². The Balaban J connectivity index is 1.18. The smallest absolute Gasteiger partial charge is 0.285 e. The fraction of sp³-hybridized carbons (Fsp3) is 0.524. The number of carbonyl (C=O) groups excluding carboxylic acids is 2. The zero-order valence-corrected chi connectivity index (χ0v) is 31.5. The molecule has 9 nitrogen and oxygen atoms in total. The van der Waals surface area contributed by atoms with Crippen LogP contribution in [0.3, 0.4) is 0 Å². The van der Waals surface area contributed by atoms with Crippen molar-refractivity contribution in [3.8, 4) is 11.6 Å². The number of methoxy groups -OCH3 is 1. The number of ketones is 1. The average molecular weight is 726 g/mol. The maximum absolute atomic E-state index is 14.8. The molecule has 0 unspecified atom stereocenters. The zero-order valence-electron chi connectivity index (χ0n) is 30.7. The molecule has 52 heavy (non-hydrogen) atoms. The zero-order chi connectivity index (χ0) is 36.0. The highest BCUT2D eigenvalue weighted by atomic mass is 32.2.